The van der Waals surface area contributed by atoms with Gasteiger partial charge in [-0.2, -0.15) is 4.98 Å². The fourth-order valence-electron chi connectivity index (χ4n) is 2.87. The molecule has 0 unspecified atom stereocenters. The summed E-state index contributed by atoms with van der Waals surface area (Å²) in [6.45, 7) is 6.16. The summed E-state index contributed by atoms with van der Waals surface area (Å²) in [5.74, 6) is 0.671. The number of nitrogens with zero attached hydrogens (tertiary/aromatic N) is 4. The van der Waals surface area contributed by atoms with E-state index in [9.17, 15) is 9.59 Å². The molecule has 3 amide bonds. The zero-order valence-electron chi connectivity index (χ0n) is 16.2. The lowest BCUT2D eigenvalue weighted by atomic mass is 10.2. The number of benzene rings is 1. The van der Waals surface area contributed by atoms with E-state index in [0.717, 1.165) is 5.69 Å². The van der Waals surface area contributed by atoms with Crippen molar-refractivity contribution in [2.75, 3.05) is 42.9 Å². The Kier molecular flexibility index (Phi) is 6.81. The minimum atomic E-state index is -0.387. The van der Waals surface area contributed by atoms with E-state index in [4.69, 9.17) is 23.2 Å². The van der Waals surface area contributed by atoms with Gasteiger partial charge in [-0.15, -0.1) is 5.10 Å². The van der Waals surface area contributed by atoms with Crippen molar-refractivity contribution in [2.24, 2.45) is 0 Å². The van der Waals surface area contributed by atoms with E-state index in [-0.39, 0.29) is 30.3 Å². The molecule has 0 bridgehead atoms. The minimum Gasteiger partial charge on any atom is -0.368 e. The third-order valence-corrected chi connectivity index (χ3v) is 5.28. The second-order valence-corrected chi connectivity index (χ2v) is 7.79. The van der Waals surface area contributed by atoms with E-state index < -0.39 is 0 Å². The van der Waals surface area contributed by atoms with E-state index in [2.05, 4.69) is 30.7 Å². The molecule has 29 heavy (non-hydrogen) atoms. The summed E-state index contributed by atoms with van der Waals surface area (Å²) in [7, 11) is 0. The molecule has 3 rings (SSSR count). The first-order valence-corrected chi connectivity index (χ1v) is 10.0. The first kappa shape index (κ1) is 21.2. The predicted molar refractivity (Wildman–Crippen MR) is 113 cm³/mol. The number of aromatic amines is 1. The van der Waals surface area contributed by atoms with Gasteiger partial charge in [0.1, 0.15) is 5.82 Å². The van der Waals surface area contributed by atoms with Crippen LogP contribution < -0.4 is 15.5 Å². The zero-order valence-corrected chi connectivity index (χ0v) is 17.7. The molecule has 0 saturated carbocycles. The number of hydrogen-bond acceptors (Lipinski definition) is 5. The molecule has 2 heterocycles. The Hall–Kier alpha value is -2.52. The number of carbonyl (C=O) groups is 2. The number of anilines is 2. The Morgan fingerprint density at radius 1 is 1.17 bits per heavy atom. The molecule has 1 aromatic carbocycles. The average Bonchev–Trinajstić information content (AvgIpc) is 3.17. The van der Waals surface area contributed by atoms with Gasteiger partial charge in [0.2, 0.25) is 11.9 Å². The molecule has 2 aromatic rings. The monoisotopic (exact) mass is 439 g/mol. The summed E-state index contributed by atoms with van der Waals surface area (Å²) < 4.78 is 0. The highest BCUT2D eigenvalue weighted by molar-refractivity contribution is 6.42. The number of piperazine rings is 1. The van der Waals surface area contributed by atoms with Gasteiger partial charge in [-0.1, -0.05) is 37.0 Å². The molecule has 1 aliphatic rings. The van der Waals surface area contributed by atoms with Crippen molar-refractivity contribution in [3.8, 4) is 0 Å². The molecule has 11 heteroatoms. The number of amides is 3. The van der Waals surface area contributed by atoms with E-state index >= 15 is 0 Å². The van der Waals surface area contributed by atoms with Gasteiger partial charge in [-0.25, -0.2) is 4.79 Å². The maximum Gasteiger partial charge on any atom is 0.317 e. The Bertz CT molecular complexity index is 879. The third-order valence-electron chi connectivity index (χ3n) is 4.54. The van der Waals surface area contributed by atoms with E-state index in [0.29, 0.717) is 42.0 Å². The Labute approximate surface area is 178 Å². The maximum absolute atomic E-state index is 12.3. The van der Waals surface area contributed by atoms with Crippen molar-refractivity contribution in [2.45, 2.75) is 19.8 Å². The van der Waals surface area contributed by atoms with Crippen LogP contribution in [0.15, 0.2) is 18.2 Å². The van der Waals surface area contributed by atoms with Crippen LogP contribution in [0.1, 0.15) is 25.6 Å². The topological polar surface area (TPSA) is 106 Å². The Morgan fingerprint density at radius 3 is 2.52 bits per heavy atom. The number of aromatic nitrogens is 3. The number of nitrogens with one attached hydrogen (secondary N) is 3. The SMILES string of the molecule is CC(C)c1nc(NC(=O)CNC(=O)N2CCN(c3ccc(Cl)c(Cl)c3)CC2)n[nH]1. The van der Waals surface area contributed by atoms with Crippen LogP contribution in [-0.4, -0.2) is 64.7 Å². The molecule has 1 saturated heterocycles. The van der Waals surface area contributed by atoms with Crippen LogP contribution in [0, 0.1) is 0 Å². The summed E-state index contributed by atoms with van der Waals surface area (Å²) in [6, 6.07) is 5.20. The highest BCUT2D eigenvalue weighted by Gasteiger charge is 2.22. The van der Waals surface area contributed by atoms with E-state index in [1.165, 1.54) is 0 Å². The molecule has 3 N–H and O–H groups in total. The van der Waals surface area contributed by atoms with Crippen molar-refractivity contribution < 1.29 is 9.59 Å². The van der Waals surface area contributed by atoms with Crippen LogP contribution in [0.5, 0.6) is 0 Å². The van der Waals surface area contributed by atoms with Gasteiger partial charge in [-0.05, 0) is 18.2 Å². The second-order valence-electron chi connectivity index (χ2n) is 6.98. The summed E-state index contributed by atoms with van der Waals surface area (Å²) >= 11 is 12.0. The van der Waals surface area contributed by atoms with Gasteiger partial charge < -0.3 is 15.1 Å². The smallest absolute Gasteiger partial charge is 0.317 e. The lowest BCUT2D eigenvalue weighted by Gasteiger charge is -2.36. The van der Waals surface area contributed by atoms with Crippen molar-refractivity contribution in [3.63, 3.8) is 0 Å². The van der Waals surface area contributed by atoms with Crippen LogP contribution >= 0.6 is 23.2 Å². The molecule has 156 valence electrons. The molecular formula is C18H23Cl2N7O2. The normalized spacial score (nSPS) is 14.2. The molecular weight excluding hydrogens is 417 g/mol. The van der Waals surface area contributed by atoms with E-state index in [1.807, 2.05) is 26.0 Å². The van der Waals surface area contributed by atoms with Crippen LogP contribution in [0.3, 0.4) is 0 Å². The quantitative estimate of drug-likeness (QED) is 0.663. The summed E-state index contributed by atoms with van der Waals surface area (Å²) in [5, 5.41) is 12.9. The predicted octanol–water partition coefficient (Wildman–Crippen LogP) is 2.71. The number of halogens is 2. The van der Waals surface area contributed by atoms with Crippen LogP contribution in [0.4, 0.5) is 16.4 Å². The molecule has 0 atom stereocenters. The lowest BCUT2D eigenvalue weighted by molar-refractivity contribution is -0.115. The molecule has 1 aromatic heterocycles. The van der Waals surface area contributed by atoms with E-state index in [1.54, 1.807) is 11.0 Å². The average molecular weight is 440 g/mol. The zero-order chi connectivity index (χ0) is 21.0. The minimum absolute atomic E-state index is 0.155. The summed E-state index contributed by atoms with van der Waals surface area (Å²) in [5.41, 5.74) is 0.964. The lowest BCUT2D eigenvalue weighted by Crippen LogP contribution is -2.52. The summed E-state index contributed by atoms with van der Waals surface area (Å²) in [6.07, 6.45) is 0. The fraction of sp³-hybridized carbons (Fsp3) is 0.444. The van der Waals surface area contributed by atoms with Gasteiger partial charge in [0.25, 0.3) is 0 Å². The van der Waals surface area contributed by atoms with Crippen LogP contribution in [0.2, 0.25) is 10.0 Å². The largest absolute Gasteiger partial charge is 0.368 e. The number of urea groups is 1. The number of rotatable bonds is 5. The van der Waals surface area contributed by atoms with Crippen molar-refractivity contribution in [1.29, 1.82) is 0 Å². The molecule has 0 spiro atoms. The molecule has 9 nitrogen and oxygen atoms in total. The van der Waals surface area contributed by atoms with Gasteiger partial charge >= 0.3 is 6.03 Å². The van der Waals surface area contributed by atoms with Crippen LogP contribution in [0.25, 0.3) is 0 Å². The number of H-pyrrole nitrogens is 1. The first-order chi connectivity index (χ1) is 13.8. The highest BCUT2D eigenvalue weighted by Crippen LogP contribution is 2.27. The molecule has 0 radical (unpaired) electrons. The fourth-order valence-corrected chi connectivity index (χ4v) is 3.17. The van der Waals surface area contributed by atoms with Crippen molar-refractivity contribution in [1.82, 2.24) is 25.4 Å². The van der Waals surface area contributed by atoms with Gasteiger partial charge in [0, 0.05) is 37.8 Å². The molecule has 0 aliphatic carbocycles. The number of hydrogen-bond donors (Lipinski definition) is 3. The highest BCUT2D eigenvalue weighted by atomic mass is 35.5. The number of carbonyl (C=O) groups excluding carboxylic acids is 2. The molecule has 1 fully saturated rings. The summed E-state index contributed by atoms with van der Waals surface area (Å²) in [4.78, 5) is 32.3. The van der Waals surface area contributed by atoms with Gasteiger partial charge in [0.05, 0.1) is 16.6 Å². The van der Waals surface area contributed by atoms with Crippen molar-refractivity contribution >= 4 is 46.8 Å². The van der Waals surface area contributed by atoms with Gasteiger partial charge in [0.15, 0.2) is 0 Å². The third kappa shape index (κ3) is 5.51. The maximum atomic E-state index is 12.3. The van der Waals surface area contributed by atoms with Gasteiger partial charge in [-0.3, -0.25) is 15.2 Å². The first-order valence-electron chi connectivity index (χ1n) is 9.28. The van der Waals surface area contributed by atoms with Crippen molar-refractivity contribution in [3.05, 3.63) is 34.1 Å². The Balaban J connectivity index is 1.43. The standard InChI is InChI=1S/C18H23Cl2N7O2/c1-11(2)16-23-17(25-24-16)22-15(28)10-21-18(29)27-7-5-26(6-8-27)12-3-4-13(19)14(20)9-12/h3-4,9,11H,5-8,10H2,1-2H3,(H,21,29)(H2,22,23,24,25,28). The second kappa shape index (κ2) is 9.32. The Morgan fingerprint density at radius 2 is 1.90 bits per heavy atom. The van der Waals surface area contributed by atoms with Crippen LogP contribution in [-0.2, 0) is 4.79 Å². The molecule has 1 aliphatic heterocycles.